The van der Waals surface area contributed by atoms with Gasteiger partial charge in [0.2, 0.25) is 15.9 Å². The molecule has 7 nitrogen and oxygen atoms in total. The minimum atomic E-state index is -3.81. The lowest BCUT2D eigenvalue weighted by Gasteiger charge is -2.36. The van der Waals surface area contributed by atoms with Crippen molar-refractivity contribution in [1.82, 2.24) is 9.21 Å². The minimum Gasteiger partial charge on any atom is -0.338 e. The molecule has 0 radical (unpaired) electrons. The molecule has 2 aliphatic rings. The van der Waals surface area contributed by atoms with Crippen LogP contribution in [0.15, 0.2) is 23.1 Å². The van der Waals surface area contributed by atoms with Gasteiger partial charge in [0, 0.05) is 36.6 Å². The molecule has 168 valence electrons. The molecule has 1 aromatic carbocycles. The van der Waals surface area contributed by atoms with Gasteiger partial charge in [-0.15, -0.1) is 0 Å². The summed E-state index contributed by atoms with van der Waals surface area (Å²) in [5.74, 6) is -0.264. The fourth-order valence-corrected chi connectivity index (χ4v) is 8.06. The van der Waals surface area contributed by atoms with Crippen molar-refractivity contribution in [3.63, 3.8) is 0 Å². The standard InChI is InChI=1S/C19H26Cl2N2O5S2/c1-2-8-23(16-7-11-29(25,26)13-16)19(24)14-5-9-22(10-6-14)30(27,28)18-12-15(20)3-4-17(18)21/h3-4,12,14,16H,2,5-11,13H2,1H3. The van der Waals surface area contributed by atoms with Crippen LogP contribution >= 0.6 is 23.2 Å². The third-order valence-corrected chi connectivity index (χ3v) is 10.1. The molecule has 11 heteroatoms. The molecular formula is C19H26Cl2N2O5S2. The van der Waals surface area contributed by atoms with Gasteiger partial charge in [-0.1, -0.05) is 30.1 Å². The molecule has 30 heavy (non-hydrogen) atoms. The highest BCUT2D eigenvalue weighted by molar-refractivity contribution is 7.91. The molecule has 0 spiro atoms. The van der Waals surface area contributed by atoms with Gasteiger partial charge in [-0.2, -0.15) is 4.31 Å². The first kappa shape index (κ1) is 23.8. The summed E-state index contributed by atoms with van der Waals surface area (Å²) in [5, 5.41) is 0.388. The number of carbonyl (C=O) groups excluding carboxylic acids is 1. The maximum atomic E-state index is 13.1. The molecule has 3 rings (SSSR count). The highest BCUT2D eigenvalue weighted by Gasteiger charge is 2.39. The topological polar surface area (TPSA) is 91.8 Å². The van der Waals surface area contributed by atoms with Crippen molar-refractivity contribution in [2.45, 2.75) is 43.5 Å². The van der Waals surface area contributed by atoms with Crippen molar-refractivity contribution < 1.29 is 21.6 Å². The number of sulfone groups is 1. The van der Waals surface area contributed by atoms with Gasteiger partial charge < -0.3 is 4.90 Å². The second kappa shape index (κ2) is 9.32. The summed E-state index contributed by atoms with van der Waals surface area (Å²) in [6, 6.07) is 4.03. The monoisotopic (exact) mass is 496 g/mol. The average molecular weight is 497 g/mol. The number of halogens is 2. The zero-order valence-electron chi connectivity index (χ0n) is 16.8. The van der Waals surface area contributed by atoms with E-state index >= 15 is 0 Å². The van der Waals surface area contributed by atoms with E-state index in [9.17, 15) is 21.6 Å². The molecule has 2 saturated heterocycles. The van der Waals surface area contributed by atoms with E-state index < -0.39 is 19.9 Å². The van der Waals surface area contributed by atoms with Gasteiger partial charge in [0.25, 0.3) is 0 Å². The molecule has 1 atom stereocenters. The number of amides is 1. The molecular weight excluding hydrogens is 471 g/mol. The molecule has 0 aromatic heterocycles. The third kappa shape index (κ3) is 5.12. The van der Waals surface area contributed by atoms with Crippen molar-refractivity contribution in [3.8, 4) is 0 Å². The summed E-state index contributed by atoms with van der Waals surface area (Å²) in [6.45, 7) is 2.86. The van der Waals surface area contributed by atoms with E-state index in [1.807, 2.05) is 6.92 Å². The van der Waals surface area contributed by atoms with E-state index in [2.05, 4.69) is 0 Å². The smallest absolute Gasteiger partial charge is 0.244 e. The Kier molecular flexibility index (Phi) is 7.39. The average Bonchev–Trinajstić information content (AvgIpc) is 3.07. The van der Waals surface area contributed by atoms with Crippen molar-refractivity contribution in [2.75, 3.05) is 31.1 Å². The molecule has 2 fully saturated rings. The number of nitrogens with zero attached hydrogens (tertiary/aromatic N) is 2. The number of hydrogen-bond donors (Lipinski definition) is 0. The zero-order chi connectivity index (χ0) is 22.1. The molecule has 1 aromatic rings. The van der Waals surface area contributed by atoms with Crippen LogP contribution in [0, 0.1) is 5.92 Å². The van der Waals surface area contributed by atoms with E-state index in [1.165, 1.54) is 22.5 Å². The molecule has 2 aliphatic heterocycles. The van der Waals surface area contributed by atoms with Gasteiger partial charge in [0.1, 0.15) is 4.90 Å². The van der Waals surface area contributed by atoms with Crippen LogP contribution in [0.25, 0.3) is 0 Å². The van der Waals surface area contributed by atoms with Crippen LogP contribution in [0.2, 0.25) is 10.0 Å². The van der Waals surface area contributed by atoms with Gasteiger partial charge in [-0.3, -0.25) is 4.79 Å². The Hall–Kier alpha value is -0.870. The number of rotatable bonds is 6. The summed E-state index contributed by atoms with van der Waals surface area (Å²) in [6.07, 6.45) is 1.98. The largest absolute Gasteiger partial charge is 0.338 e. The lowest BCUT2D eigenvalue weighted by Crippen LogP contribution is -2.48. The van der Waals surface area contributed by atoms with Crippen LogP contribution in [0.1, 0.15) is 32.6 Å². The first-order chi connectivity index (χ1) is 14.0. The summed E-state index contributed by atoms with van der Waals surface area (Å²) in [4.78, 5) is 14.8. The summed E-state index contributed by atoms with van der Waals surface area (Å²) in [5.41, 5.74) is 0. The SMILES string of the molecule is CCCN(C(=O)C1CCN(S(=O)(=O)c2cc(Cl)ccc2Cl)CC1)C1CCS(=O)(=O)C1. The normalized spacial score (nSPS) is 22.8. The molecule has 1 amide bonds. The van der Waals surface area contributed by atoms with Crippen LogP contribution in [-0.4, -0.2) is 69.1 Å². The Morgan fingerprint density at radius 2 is 1.87 bits per heavy atom. The Morgan fingerprint density at radius 1 is 1.20 bits per heavy atom. The predicted molar refractivity (Wildman–Crippen MR) is 117 cm³/mol. The highest BCUT2D eigenvalue weighted by Crippen LogP contribution is 2.31. The van der Waals surface area contributed by atoms with Crippen molar-refractivity contribution in [2.24, 2.45) is 5.92 Å². The van der Waals surface area contributed by atoms with Gasteiger partial charge in [0.05, 0.1) is 16.5 Å². The molecule has 0 aliphatic carbocycles. The van der Waals surface area contributed by atoms with Gasteiger partial charge in [0.15, 0.2) is 9.84 Å². The zero-order valence-corrected chi connectivity index (χ0v) is 19.9. The minimum absolute atomic E-state index is 0.0131. The highest BCUT2D eigenvalue weighted by atomic mass is 35.5. The number of sulfonamides is 1. The maximum absolute atomic E-state index is 13.1. The summed E-state index contributed by atoms with van der Waals surface area (Å²) in [7, 11) is -6.91. The van der Waals surface area contributed by atoms with Crippen molar-refractivity contribution in [3.05, 3.63) is 28.2 Å². The number of hydrogen-bond acceptors (Lipinski definition) is 5. The van der Waals surface area contributed by atoms with E-state index in [0.717, 1.165) is 6.42 Å². The van der Waals surface area contributed by atoms with Gasteiger partial charge in [-0.05, 0) is 43.9 Å². The van der Waals surface area contributed by atoms with E-state index in [4.69, 9.17) is 23.2 Å². The van der Waals surface area contributed by atoms with Crippen LogP contribution in [-0.2, 0) is 24.7 Å². The lowest BCUT2D eigenvalue weighted by molar-refractivity contribution is -0.138. The molecule has 0 N–H and O–H groups in total. The second-order valence-corrected chi connectivity index (χ2v) is 12.8. The lowest BCUT2D eigenvalue weighted by atomic mass is 9.95. The van der Waals surface area contributed by atoms with Crippen molar-refractivity contribution in [1.29, 1.82) is 0 Å². The Morgan fingerprint density at radius 3 is 2.43 bits per heavy atom. The predicted octanol–water partition coefficient (Wildman–Crippen LogP) is 2.82. The fourth-order valence-electron chi connectivity index (χ4n) is 4.13. The first-order valence-electron chi connectivity index (χ1n) is 10.0. The number of carbonyl (C=O) groups is 1. The van der Waals surface area contributed by atoms with E-state index in [-0.39, 0.29) is 57.4 Å². The van der Waals surface area contributed by atoms with Gasteiger partial charge in [-0.25, -0.2) is 16.8 Å². The number of piperidine rings is 1. The van der Waals surface area contributed by atoms with Crippen LogP contribution in [0.5, 0.6) is 0 Å². The third-order valence-electron chi connectivity index (χ3n) is 5.71. The summed E-state index contributed by atoms with van der Waals surface area (Å²) < 4.78 is 51.0. The second-order valence-electron chi connectivity index (χ2n) is 7.84. The van der Waals surface area contributed by atoms with Crippen LogP contribution < -0.4 is 0 Å². The number of benzene rings is 1. The maximum Gasteiger partial charge on any atom is 0.244 e. The van der Waals surface area contributed by atoms with Crippen molar-refractivity contribution >= 4 is 49.0 Å². The molecule has 1 unspecified atom stereocenters. The van der Waals surface area contributed by atoms with E-state index in [1.54, 1.807) is 4.90 Å². The van der Waals surface area contributed by atoms with Crippen LogP contribution in [0.4, 0.5) is 0 Å². The molecule has 2 heterocycles. The van der Waals surface area contributed by atoms with E-state index in [0.29, 0.717) is 25.8 Å². The first-order valence-corrected chi connectivity index (χ1v) is 14.0. The van der Waals surface area contributed by atoms with Gasteiger partial charge >= 0.3 is 0 Å². The Balaban J connectivity index is 1.69. The molecule has 0 bridgehead atoms. The fraction of sp³-hybridized carbons (Fsp3) is 0.632. The Bertz CT molecular complexity index is 1010. The Labute approximate surface area is 188 Å². The van der Waals surface area contributed by atoms with Crippen LogP contribution in [0.3, 0.4) is 0 Å². The quantitative estimate of drug-likeness (QED) is 0.603. The molecule has 0 saturated carbocycles. The summed E-state index contributed by atoms with van der Waals surface area (Å²) >= 11 is 12.0.